The molecule has 0 unspecified atom stereocenters. The Labute approximate surface area is 200 Å². The topological polar surface area (TPSA) is 99.3 Å². The van der Waals surface area contributed by atoms with E-state index in [1.54, 1.807) is 24.3 Å². The van der Waals surface area contributed by atoms with Crippen LogP contribution in [0.3, 0.4) is 0 Å². The number of aryl methyl sites for hydroxylation is 1. The van der Waals surface area contributed by atoms with Crippen LogP contribution in [0.15, 0.2) is 48.5 Å². The number of rotatable bonds is 6. The molecule has 0 aromatic heterocycles. The van der Waals surface area contributed by atoms with Crippen molar-refractivity contribution < 1.29 is 14.4 Å². The summed E-state index contributed by atoms with van der Waals surface area (Å²) in [4.78, 5) is 38.0. The van der Waals surface area contributed by atoms with Gasteiger partial charge in [0.2, 0.25) is 11.8 Å². The average molecular weight is 461 g/mol. The van der Waals surface area contributed by atoms with Crippen LogP contribution in [0.1, 0.15) is 44.1 Å². The van der Waals surface area contributed by atoms with Crippen molar-refractivity contribution in [3.63, 3.8) is 0 Å². The van der Waals surface area contributed by atoms with Crippen molar-refractivity contribution in [1.82, 2.24) is 5.32 Å². The van der Waals surface area contributed by atoms with Gasteiger partial charge in [-0.1, -0.05) is 24.3 Å². The van der Waals surface area contributed by atoms with Gasteiger partial charge in [0.15, 0.2) is 0 Å². The summed E-state index contributed by atoms with van der Waals surface area (Å²) in [5, 5.41) is 11.4. The van der Waals surface area contributed by atoms with Crippen LogP contribution in [0.2, 0.25) is 0 Å². The van der Waals surface area contributed by atoms with Gasteiger partial charge in [0.1, 0.15) is 0 Å². The van der Waals surface area contributed by atoms with Crippen LogP contribution in [0.25, 0.3) is 0 Å². The van der Waals surface area contributed by atoms with Crippen LogP contribution < -0.4 is 21.3 Å². The van der Waals surface area contributed by atoms with Crippen LogP contribution in [0.4, 0.5) is 21.9 Å². The van der Waals surface area contributed by atoms with Gasteiger partial charge in [0, 0.05) is 22.5 Å². The molecule has 7 nitrogen and oxygen atoms in total. The maximum atomic E-state index is 13.1. The highest BCUT2D eigenvalue weighted by atomic mass is 16.2. The minimum absolute atomic E-state index is 0.0477. The number of amides is 4. The zero-order valence-corrected chi connectivity index (χ0v) is 19.5. The van der Waals surface area contributed by atoms with E-state index >= 15 is 0 Å². The summed E-state index contributed by atoms with van der Waals surface area (Å²) >= 11 is 0. The highest BCUT2D eigenvalue weighted by molar-refractivity contribution is 6.01. The number of urea groups is 1. The Morgan fingerprint density at radius 1 is 0.824 bits per heavy atom. The normalized spacial score (nSPS) is 26.6. The van der Waals surface area contributed by atoms with Gasteiger partial charge in [-0.25, -0.2) is 4.79 Å². The SMILES string of the molecule is Cc1ccc(NC(=O)Nc2ccccc2)cc1NC(=O)CNC(=O)C12CC3CC(CC(C3)C1)C2. The number of benzene rings is 2. The van der Waals surface area contributed by atoms with Gasteiger partial charge in [-0.2, -0.15) is 0 Å². The first-order valence-electron chi connectivity index (χ1n) is 12.2. The van der Waals surface area contributed by atoms with E-state index < -0.39 is 0 Å². The standard InChI is InChI=1S/C27H32N4O3/c1-17-7-8-22(30-26(34)29-21-5-3-2-4-6-21)12-23(17)31-24(32)16-28-25(33)27-13-18-9-19(14-27)11-20(10-18)15-27/h2-8,12,18-20H,9-11,13-16H2,1H3,(H,28,33)(H,31,32)(H2,29,30,34). The highest BCUT2D eigenvalue weighted by Crippen LogP contribution is 2.60. The van der Waals surface area contributed by atoms with Crippen LogP contribution in [0, 0.1) is 30.1 Å². The Bertz CT molecular complexity index is 1060. The van der Waals surface area contributed by atoms with Gasteiger partial charge in [-0.3, -0.25) is 9.59 Å². The minimum atomic E-state index is -0.366. The molecule has 4 aliphatic carbocycles. The first-order valence-corrected chi connectivity index (χ1v) is 12.2. The summed E-state index contributed by atoms with van der Waals surface area (Å²) in [6.45, 7) is 1.84. The molecule has 0 spiro atoms. The number of carbonyl (C=O) groups excluding carboxylic acids is 3. The molecule has 4 amide bonds. The van der Waals surface area contributed by atoms with E-state index in [9.17, 15) is 14.4 Å². The molecule has 0 atom stereocenters. The molecule has 4 saturated carbocycles. The quantitative estimate of drug-likeness (QED) is 0.493. The van der Waals surface area contributed by atoms with E-state index in [0.717, 1.165) is 24.8 Å². The van der Waals surface area contributed by atoms with Crippen molar-refractivity contribution in [2.75, 3.05) is 22.5 Å². The first kappa shape index (κ1) is 22.4. The maximum Gasteiger partial charge on any atom is 0.323 e. The predicted molar refractivity (Wildman–Crippen MR) is 133 cm³/mol. The summed E-state index contributed by atoms with van der Waals surface area (Å²) < 4.78 is 0. The molecule has 0 heterocycles. The Morgan fingerprint density at radius 3 is 2.09 bits per heavy atom. The van der Waals surface area contributed by atoms with Crippen LogP contribution >= 0.6 is 0 Å². The van der Waals surface area contributed by atoms with Crippen molar-refractivity contribution in [1.29, 1.82) is 0 Å². The number of hydrogen-bond acceptors (Lipinski definition) is 3. The third-order valence-corrected chi connectivity index (χ3v) is 7.73. The van der Waals surface area contributed by atoms with E-state index in [2.05, 4.69) is 21.3 Å². The number of anilines is 3. The van der Waals surface area contributed by atoms with Gasteiger partial charge < -0.3 is 21.3 Å². The van der Waals surface area contributed by atoms with Gasteiger partial charge in [-0.15, -0.1) is 0 Å². The molecular weight excluding hydrogens is 428 g/mol. The lowest BCUT2D eigenvalue weighted by atomic mass is 9.49. The number of hydrogen-bond donors (Lipinski definition) is 4. The molecule has 4 aliphatic rings. The third kappa shape index (κ3) is 4.79. The summed E-state index contributed by atoms with van der Waals surface area (Å²) in [5.41, 5.74) is 2.46. The molecule has 0 saturated heterocycles. The van der Waals surface area contributed by atoms with Crippen molar-refractivity contribution in [2.24, 2.45) is 23.2 Å². The molecule has 0 radical (unpaired) electrons. The van der Waals surface area contributed by atoms with Gasteiger partial charge in [0.05, 0.1) is 6.54 Å². The molecule has 4 fully saturated rings. The van der Waals surface area contributed by atoms with E-state index in [-0.39, 0.29) is 29.8 Å². The first-order chi connectivity index (χ1) is 16.4. The highest BCUT2D eigenvalue weighted by Gasteiger charge is 2.54. The summed E-state index contributed by atoms with van der Waals surface area (Å²) in [6, 6.07) is 14.1. The molecule has 6 rings (SSSR count). The lowest BCUT2D eigenvalue weighted by molar-refractivity contribution is -0.146. The fraction of sp³-hybridized carbons (Fsp3) is 0.444. The molecule has 0 aliphatic heterocycles. The molecule has 2 aromatic carbocycles. The van der Waals surface area contributed by atoms with E-state index in [1.807, 2.05) is 31.2 Å². The second-order valence-corrected chi connectivity index (χ2v) is 10.4. The van der Waals surface area contributed by atoms with Gasteiger partial charge >= 0.3 is 6.03 Å². The monoisotopic (exact) mass is 460 g/mol. The lowest BCUT2D eigenvalue weighted by Crippen LogP contribution is -2.54. The summed E-state index contributed by atoms with van der Waals surface area (Å²) in [5.74, 6) is 1.83. The molecule has 4 bridgehead atoms. The van der Waals surface area contributed by atoms with Crippen molar-refractivity contribution in [3.8, 4) is 0 Å². The van der Waals surface area contributed by atoms with Gasteiger partial charge in [-0.05, 0) is 93.0 Å². The van der Waals surface area contributed by atoms with Gasteiger partial charge in [0.25, 0.3) is 0 Å². The predicted octanol–water partition coefficient (Wildman–Crippen LogP) is 4.91. The van der Waals surface area contributed by atoms with Crippen molar-refractivity contribution in [2.45, 2.75) is 45.4 Å². The Hall–Kier alpha value is -3.35. The third-order valence-electron chi connectivity index (χ3n) is 7.73. The fourth-order valence-electron chi connectivity index (χ4n) is 6.58. The molecule has 34 heavy (non-hydrogen) atoms. The molecule has 2 aromatic rings. The Morgan fingerprint density at radius 2 is 1.44 bits per heavy atom. The largest absolute Gasteiger partial charge is 0.347 e. The fourth-order valence-corrected chi connectivity index (χ4v) is 6.58. The molecular formula is C27H32N4O3. The Kier molecular flexibility index (Phi) is 6.02. The molecule has 7 heteroatoms. The van der Waals surface area contributed by atoms with Crippen molar-refractivity contribution in [3.05, 3.63) is 54.1 Å². The lowest BCUT2D eigenvalue weighted by Gasteiger charge is -2.55. The number of carbonyl (C=O) groups is 3. The molecule has 4 N–H and O–H groups in total. The molecule has 178 valence electrons. The minimum Gasteiger partial charge on any atom is -0.347 e. The Balaban J connectivity index is 1.15. The zero-order chi connectivity index (χ0) is 23.7. The smallest absolute Gasteiger partial charge is 0.323 e. The van der Waals surface area contributed by atoms with Crippen molar-refractivity contribution >= 4 is 34.9 Å². The van der Waals surface area contributed by atoms with Crippen LogP contribution in [-0.2, 0) is 9.59 Å². The van der Waals surface area contributed by atoms with Crippen LogP contribution in [-0.4, -0.2) is 24.4 Å². The number of nitrogens with one attached hydrogen (secondary N) is 4. The second-order valence-electron chi connectivity index (χ2n) is 10.4. The second kappa shape index (κ2) is 9.12. The van der Waals surface area contributed by atoms with Crippen LogP contribution in [0.5, 0.6) is 0 Å². The summed E-state index contributed by atoms with van der Waals surface area (Å²) in [6.07, 6.45) is 6.76. The zero-order valence-electron chi connectivity index (χ0n) is 19.5. The maximum absolute atomic E-state index is 13.1. The number of para-hydroxylation sites is 1. The van der Waals surface area contributed by atoms with E-state index in [4.69, 9.17) is 0 Å². The summed E-state index contributed by atoms with van der Waals surface area (Å²) in [7, 11) is 0. The van der Waals surface area contributed by atoms with E-state index in [1.165, 1.54) is 19.3 Å². The van der Waals surface area contributed by atoms with E-state index in [0.29, 0.717) is 34.8 Å². The average Bonchev–Trinajstić information content (AvgIpc) is 2.79.